The van der Waals surface area contributed by atoms with E-state index in [4.69, 9.17) is 0 Å². The number of hydrogen-bond acceptors (Lipinski definition) is 3. The number of rotatable bonds is 6. The summed E-state index contributed by atoms with van der Waals surface area (Å²) in [4.78, 5) is 23.8. The van der Waals surface area contributed by atoms with Gasteiger partial charge in [0.1, 0.15) is 0 Å². The van der Waals surface area contributed by atoms with Crippen molar-refractivity contribution < 1.29 is 9.59 Å². The molecule has 0 aliphatic heterocycles. The van der Waals surface area contributed by atoms with E-state index >= 15 is 0 Å². The molecule has 2 N–H and O–H groups in total. The van der Waals surface area contributed by atoms with E-state index in [9.17, 15) is 9.59 Å². The molecule has 0 atom stereocenters. The zero-order valence-corrected chi connectivity index (χ0v) is 11.6. The van der Waals surface area contributed by atoms with Gasteiger partial charge in [-0.05, 0) is 20.8 Å². The highest BCUT2D eigenvalue weighted by Gasteiger charge is 2.20. The van der Waals surface area contributed by atoms with E-state index in [2.05, 4.69) is 36.3 Å². The van der Waals surface area contributed by atoms with Crippen molar-refractivity contribution in [2.24, 2.45) is 0 Å². The van der Waals surface area contributed by atoms with E-state index < -0.39 is 0 Å². The van der Waals surface area contributed by atoms with Crippen molar-refractivity contribution in [3.05, 3.63) is 0 Å². The van der Waals surface area contributed by atoms with Crippen LogP contribution in [0.15, 0.2) is 0 Å². The van der Waals surface area contributed by atoms with Crippen molar-refractivity contribution in [2.75, 3.05) is 26.2 Å². The Hall–Kier alpha value is -1.10. The second kappa shape index (κ2) is 7.27. The van der Waals surface area contributed by atoms with Gasteiger partial charge in [-0.15, -0.1) is 0 Å². The highest BCUT2D eigenvalue weighted by molar-refractivity contribution is 5.73. The van der Waals surface area contributed by atoms with Crippen molar-refractivity contribution in [3.63, 3.8) is 0 Å². The van der Waals surface area contributed by atoms with Crippen LogP contribution in [-0.4, -0.2) is 48.4 Å². The van der Waals surface area contributed by atoms with E-state index in [0.717, 1.165) is 13.1 Å². The molecule has 5 nitrogen and oxygen atoms in total. The van der Waals surface area contributed by atoms with Gasteiger partial charge in [0.2, 0.25) is 11.8 Å². The average molecular weight is 243 g/mol. The van der Waals surface area contributed by atoms with E-state index in [0.29, 0.717) is 13.1 Å². The lowest BCUT2D eigenvalue weighted by molar-refractivity contribution is -0.119. The van der Waals surface area contributed by atoms with Gasteiger partial charge < -0.3 is 10.6 Å². The molecule has 100 valence electrons. The molecular formula is C12H25N3O2. The van der Waals surface area contributed by atoms with Crippen LogP contribution in [0, 0.1) is 0 Å². The number of hydrogen-bond donors (Lipinski definition) is 2. The number of nitrogens with zero attached hydrogens (tertiary/aromatic N) is 1. The van der Waals surface area contributed by atoms with Crippen LogP contribution in [0.3, 0.4) is 0 Å². The first-order chi connectivity index (χ1) is 7.73. The van der Waals surface area contributed by atoms with Gasteiger partial charge in [0.15, 0.2) is 0 Å². The molecule has 0 aliphatic rings. The van der Waals surface area contributed by atoms with Gasteiger partial charge in [0.05, 0.1) is 0 Å². The number of amides is 2. The topological polar surface area (TPSA) is 61.4 Å². The van der Waals surface area contributed by atoms with E-state index in [1.54, 1.807) is 0 Å². The second-order valence-electron chi connectivity index (χ2n) is 5.12. The fourth-order valence-electron chi connectivity index (χ4n) is 1.52. The Balaban J connectivity index is 4.06. The summed E-state index contributed by atoms with van der Waals surface area (Å²) < 4.78 is 0. The van der Waals surface area contributed by atoms with E-state index in [1.165, 1.54) is 13.8 Å². The van der Waals surface area contributed by atoms with Crippen LogP contribution in [0.2, 0.25) is 0 Å². The smallest absolute Gasteiger partial charge is 0.216 e. The third kappa shape index (κ3) is 8.68. The summed E-state index contributed by atoms with van der Waals surface area (Å²) in [6.45, 7) is 12.2. The zero-order chi connectivity index (χ0) is 13.5. The summed E-state index contributed by atoms with van der Waals surface area (Å²) in [5.41, 5.74) is 0.0247. The molecule has 0 aromatic rings. The Labute approximate surface area is 104 Å². The van der Waals surface area contributed by atoms with Crippen LogP contribution >= 0.6 is 0 Å². The van der Waals surface area contributed by atoms with Crippen LogP contribution in [0.1, 0.15) is 34.6 Å². The normalized spacial score (nSPS) is 11.4. The predicted octanol–water partition coefficient (Wildman–Crippen LogP) is 0.359. The minimum atomic E-state index is -0.0132. The highest BCUT2D eigenvalue weighted by atomic mass is 16.2. The van der Waals surface area contributed by atoms with Gasteiger partial charge in [-0.1, -0.05) is 0 Å². The third-order valence-electron chi connectivity index (χ3n) is 2.46. The Morgan fingerprint density at radius 3 is 1.53 bits per heavy atom. The van der Waals surface area contributed by atoms with E-state index in [-0.39, 0.29) is 17.4 Å². The minimum absolute atomic E-state index is 0.0132. The Bertz CT molecular complexity index is 239. The van der Waals surface area contributed by atoms with Crippen LogP contribution < -0.4 is 10.6 Å². The summed E-state index contributed by atoms with van der Waals surface area (Å²) in [6.07, 6.45) is 0. The van der Waals surface area contributed by atoms with Gasteiger partial charge in [0, 0.05) is 45.6 Å². The maximum Gasteiger partial charge on any atom is 0.216 e. The van der Waals surface area contributed by atoms with Crippen LogP contribution in [0.25, 0.3) is 0 Å². The molecule has 2 amide bonds. The van der Waals surface area contributed by atoms with Crippen molar-refractivity contribution in [1.82, 2.24) is 15.5 Å². The van der Waals surface area contributed by atoms with Gasteiger partial charge >= 0.3 is 0 Å². The summed E-state index contributed by atoms with van der Waals surface area (Å²) in [7, 11) is 0. The third-order valence-corrected chi connectivity index (χ3v) is 2.46. The van der Waals surface area contributed by atoms with Crippen molar-refractivity contribution in [3.8, 4) is 0 Å². The zero-order valence-electron chi connectivity index (χ0n) is 11.6. The van der Waals surface area contributed by atoms with Gasteiger partial charge in [-0.3, -0.25) is 14.5 Å². The first-order valence-electron chi connectivity index (χ1n) is 5.97. The lowest BCUT2D eigenvalue weighted by Gasteiger charge is -2.35. The molecule has 0 aromatic carbocycles. The predicted molar refractivity (Wildman–Crippen MR) is 68.7 cm³/mol. The first kappa shape index (κ1) is 15.9. The highest BCUT2D eigenvalue weighted by Crippen LogP contribution is 2.11. The standard InChI is InChI=1S/C12H25N3O2/c1-10(16)13-6-8-15(12(3,4)5)9-7-14-11(2)17/h6-9H2,1-5H3,(H,13,16)(H,14,17). The summed E-state index contributed by atoms with van der Waals surface area (Å²) in [5, 5.41) is 5.56. The van der Waals surface area contributed by atoms with Crippen LogP contribution in [-0.2, 0) is 9.59 Å². The summed E-state index contributed by atoms with van der Waals surface area (Å²) in [5.74, 6) is -0.0264. The van der Waals surface area contributed by atoms with Crippen LogP contribution in [0.5, 0.6) is 0 Å². The SMILES string of the molecule is CC(=O)NCCN(CCNC(C)=O)C(C)(C)C. The average Bonchev–Trinajstić information content (AvgIpc) is 2.12. The maximum absolute atomic E-state index is 10.8. The quantitative estimate of drug-likeness (QED) is 0.708. The summed E-state index contributed by atoms with van der Waals surface area (Å²) >= 11 is 0. The van der Waals surface area contributed by atoms with Crippen molar-refractivity contribution in [2.45, 2.75) is 40.2 Å². The van der Waals surface area contributed by atoms with Gasteiger partial charge in [-0.25, -0.2) is 0 Å². The molecule has 0 spiro atoms. The molecule has 5 heteroatoms. The van der Waals surface area contributed by atoms with Crippen molar-refractivity contribution >= 4 is 11.8 Å². The maximum atomic E-state index is 10.8. The molecule has 0 radical (unpaired) electrons. The van der Waals surface area contributed by atoms with E-state index in [1.807, 2.05) is 0 Å². The molecule has 0 aromatic heterocycles. The summed E-state index contributed by atoms with van der Waals surface area (Å²) in [6, 6.07) is 0. The Kier molecular flexibility index (Phi) is 6.80. The molecule has 0 unspecified atom stereocenters. The first-order valence-corrected chi connectivity index (χ1v) is 5.97. The molecule has 0 heterocycles. The molecule has 0 saturated heterocycles. The lowest BCUT2D eigenvalue weighted by Crippen LogP contribution is -2.48. The fourth-order valence-corrected chi connectivity index (χ4v) is 1.52. The van der Waals surface area contributed by atoms with Crippen LogP contribution in [0.4, 0.5) is 0 Å². The monoisotopic (exact) mass is 243 g/mol. The molecule has 0 rings (SSSR count). The molecular weight excluding hydrogens is 218 g/mol. The molecule has 0 aliphatic carbocycles. The molecule has 0 fully saturated rings. The number of carbonyl (C=O) groups excluding carboxylic acids is 2. The number of nitrogens with one attached hydrogen (secondary N) is 2. The minimum Gasteiger partial charge on any atom is -0.355 e. The lowest BCUT2D eigenvalue weighted by atomic mass is 10.1. The Morgan fingerprint density at radius 1 is 0.941 bits per heavy atom. The Morgan fingerprint density at radius 2 is 1.29 bits per heavy atom. The molecule has 0 bridgehead atoms. The fraction of sp³-hybridized carbons (Fsp3) is 0.833. The van der Waals surface area contributed by atoms with Gasteiger partial charge in [-0.2, -0.15) is 0 Å². The largest absolute Gasteiger partial charge is 0.355 e. The van der Waals surface area contributed by atoms with Gasteiger partial charge in [0.25, 0.3) is 0 Å². The molecule has 17 heavy (non-hydrogen) atoms. The molecule has 0 saturated carbocycles. The number of carbonyl (C=O) groups is 2. The van der Waals surface area contributed by atoms with Crippen molar-refractivity contribution in [1.29, 1.82) is 0 Å². The second-order valence-corrected chi connectivity index (χ2v) is 5.12.